The summed E-state index contributed by atoms with van der Waals surface area (Å²) >= 11 is 0. The van der Waals surface area contributed by atoms with Crippen molar-refractivity contribution < 1.29 is 13.5 Å². The van der Waals surface area contributed by atoms with Gasteiger partial charge in [0.1, 0.15) is 17.3 Å². The molecule has 0 aliphatic heterocycles. The lowest BCUT2D eigenvalue weighted by molar-refractivity contribution is 0.141. The predicted molar refractivity (Wildman–Crippen MR) is 43.3 cm³/mol. The Hall–Kier alpha value is -1.90. The van der Waals surface area contributed by atoms with Crippen molar-refractivity contribution >= 4 is 0 Å². The molecule has 1 aromatic rings. The molecule has 0 aromatic carbocycles. The first kappa shape index (κ1) is 10.2. The fraction of sp³-hybridized carbons (Fsp3) is 0.250. The van der Waals surface area contributed by atoms with Crippen LogP contribution in [0.2, 0.25) is 0 Å². The third kappa shape index (κ3) is 1.57. The van der Waals surface area contributed by atoms with Crippen LogP contribution >= 0.6 is 0 Å². The molecule has 14 heavy (non-hydrogen) atoms. The lowest BCUT2D eigenvalue weighted by atomic mass is 10.2. The molecule has 0 radical (unpaired) electrons. The summed E-state index contributed by atoms with van der Waals surface area (Å²) in [5, 5.41) is 8.45. The number of aromatic amines is 1. The Morgan fingerprint density at radius 1 is 1.64 bits per heavy atom. The number of nitrogens with zero attached hydrogens (tertiary/aromatic N) is 1. The summed E-state index contributed by atoms with van der Waals surface area (Å²) in [5.74, 6) is -0.515. The second kappa shape index (κ2) is 3.87. The Morgan fingerprint density at radius 2 is 2.29 bits per heavy atom. The van der Waals surface area contributed by atoms with Crippen molar-refractivity contribution in [2.24, 2.45) is 0 Å². The van der Waals surface area contributed by atoms with Crippen LogP contribution in [-0.4, -0.2) is 12.1 Å². The Labute approximate surface area is 77.7 Å². The summed E-state index contributed by atoms with van der Waals surface area (Å²) in [6, 6.07) is 1.57. The van der Waals surface area contributed by atoms with Crippen LogP contribution in [0.15, 0.2) is 11.0 Å². The number of halogens is 2. The van der Waals surface area contributed by atoms with Crippen molar-refractivity contribution in [1.29, 1.82) is 5.26 Å². The first-order chi connectivity index (χ1) is 6.61. The molecule has 1 N–H and O–H groups in total. The van der Waals surface area contributed by atoms with Crippen LogP contribution in [0.5, 0.6) is 5.75 Å². The van der Waals surface area contributed by atoms with Crippen LogP contribution in [0.1, 0.15) is 17.7 Å². The Balaban J connectivity index is 3.46. The van der Waals surface area contributed by atoms with Crippen molar-refractivity contribution in [3.8, 4) is 11.8 Å². The van der Waals surface area contributed by atoms with Crippen LogP contribution < -0.4 is 10.2 Å². The predicted octanol–water partition coefficient (Wildman–Crippen LogP) is 1.19. The number of hydrogen-bond acceptors (Lipinski definition) is 3. The highest BCUT2D eigenvalue weighted by Gasteiger charge is 2.19. The van der Waals surface area contributed by atoms with Gasteiger partial charge >= 0.3 is 0 Å². The van der Waals surface area contributed by atoms with Gasteiger partial charge in [-0.05, 0) is 0 Å². The summed E-state index contributed by atoms with van der Waals surface area (Å²) < 4.78 is 29.1. The third-order valence-corrected chi connectivity index (χ3v) is 1.61. The molecule has 1 rings (SSSR count). The van der Waals surface area contributed by atoms with Gasteiger partial charge in [0.2, 0.25) is 5.43 Å². The molecule has 74 valence electrons. The van der Waals surface area contributed by atoms with Crippen LogP contribution in [0.3, 0.4) is 0 Å². The normalized spacial score (nSPS) is 9.93. The van der Waals surface area contributed by atoms with Gasteiger partial charge in [-0.1, -0.05) is 0 Å². The summed E-state index contributed by atoms with van der Waals surface area (Å²) in [5.41, 5.74) is -1.70. The topological polar surface area (TPSA) is 65.9 Å². The quantitative estimate of drug-likeness (QED) is 0.779. The zero-order valence-corrected chi connectivity index (χ0v) is 7.17. The van der Waals surface area contributed by atoms with Gasteiger partial charge in [0.05, 0.1) is 7.11 Å². The number of nitrogens with one attached hydrogen (secondary N) is 1. The smallest absolute Gasteiger partial charge is 0.282 e. The van der Waals surface area contributed by atoms with Gasteiger partial charge in [0.25, 0.3) is 6.43 Å². The van der Waals surface area contributed by atoms with Gasteiger partial charge in [0.15, 0.2) is 5.75 Å². The van der Waals surface area contributed by atoms with Crippen molar-refractivity contribution in [2.45, 2.75) is 6.43 Å². The zero-order valence-electron chi connectivity index (χ0n) is 7.17. The largest absolute Gasteiger partial charge is 0.491 e. The second-order valence-electron chi connectivity index (χ2n) is 2.39. The molecule has 4 nitrogen and oxygen atoms in total. The molecule has 0 amide bonds. The van der Waals surface area contributed by atoms with E-state index >= 15 is 0 Å². The molecule has 0 atom stereocenters. The van der Waals surface area contributed by atoms with Crippen molar-refractivity contribution in [3.05, 3.63) is 27.7 Å². The molecule has 0 aliphatic carbocycles. The van der Waals surface area contributed by atoms with Gasteiger partial charge in [-0.3, -0.25) is 4.79 Å². The van der Waals surface area contributed by atoms with E-state index in [1.165, 1.54) is 0 Å². The van der Waals surface area contributed by atoms with Crippen LogP contribution in [-0.2, 0) is 0 Å². The summed E-state index contributed by atoms with van der Waals surface area (Å²) in [6.07, 6.45) is -1.91. The number of alkyl halides is 2. The lowest BCUT2D eigenvalue weighted by Crippen LogP contribution is -2.13. The van der Waals surface area contributed by atoms with E-state index in [2.05, 4.69) is 9.72 Å². The Bertz CT molecular complexity index is 434. The lowest BCUT2D eigenvalue weighted by Gasteiger charge is -2.06. The molecular formula is C8H6F2N2O2. The molecular weight excluding hydrogens is 194 g/mol. The monoisotopic (exact) mass is 200 g/mol. The molecule has 0 fully saturated rings. The fourth-order valence-corrected chi connectivity index (χ4v) is 0.973. The molecule has 0 spiro atoms. The molecule has 0 aliphatic rings. The Morgan fingerprint density at radius 3 is 2.71 bits per heavy atom. The number of hydrogen-bond donors (Lipinski definition) is 1. The maximum Gasteiger partial charge on any atom is 0.282 e. The highest BCUT2D eigenvalue weighted by atomic mass is 19.3. The molecule has 6 heteroatoms. The van der Waals surface area contributed by atoms with Gasteiger partial charge in [-0.2, -0.15) is 5.26 Å². The molecule has 0 saturated carbocycles. The summed E-state index contributed by atoms with van der Waals surface area (Å²) in [6.45, 7) is 0. The first-order valence-electron chi connectivity index (χ1n) is 3.59. The summed E-state index contributed by atoms with van der Waals surface area (Å²) in [4.78, 5) is 13.4. The maximum atomic E-state index is 12.3. The first-order valence-corrected chi connectivity index (χ1v) is 3.59. The fourth-order valence-electron chi connectivity index (χ4n) is 0.973. The van der Waals surface area contributed by atoms with Gasteiger partial charge in [0, 0.05) is 6.20 Å². The minimum Gasteiger partial charge on any atom is -0.491 e. The molecule has 1 aromatic heterocycles. The standard InChI is InChI=1S/C8H6F2N2O2/c1-14-7-5(8(9)10)12-3-4(2-11)6(7)13/h3,8H,1H3,(H,12,13). The van der Waals surface area contributed by atoms with Crippen LogP contribution in [0.4, 0.5) is 8.78 Å². The number of ether oxygens (including phenoxy) is 1. The van der Waals surface area contributed by atoms with E-state index in [4.69, 9.17) is 5.26 Å². The highest BCUT2D eigenvalue weighted by Crippen LogP contribution is 2.23. The van der Waals surface area contributed by atoms with Crippen molar-refractivity contribution in [2.75, 3.05) is 7.11 Å². The van der Waals surface area contributed by atoms with E-state index in [1.807, 2.05) is 0 Å². The Kier molecular flexibility index (Phi) is 2.82. The van der Waals surface area contributed by atoms with E-state index < -0.39 is 23.3 Å². The number of nitriles is 1. The molecule has 0 saturated heterocycles. The third-order valence-electron chi connectivity index (χ3n) is 1.61. The highest BCUT2D eigenvalue weighted by molar-refractivity contribution is 5.38. The van der Waals surface area contributed by atoms with Gasteiger partial charge in [-0.25, -0.2) is 8.78 Å². The molecule has 0 bridgehead atoms. The zero-order chi connectivity index (χ0) is 10.7. The van der Waals surface area contributed by atoms with Gasteiger partial charge < -0.3 is 9.72 Å². The second-order valence-corrected chi connectivity index (χ2v) is 2.39. The minimum absolute atomic E-state index is 0.258. The molecule has 1 heterocycles. The SMILES string of the molecule is COc1c(C(F)F)[nH]cc(C#N)c1=O. The van der Waals surface area contributed by atoms with Gasteiger partial charge in [-0.15, -0.1) is 0 Å². The number of rotatable bonds is 2. The maximum absolute atomic E-state index is 12.3. The van der Waals surface area contributed by atoms with E-state index in [-0.39, 0.29) is 5.56 Å². The molecule has 0 unspecified atom stereocenters. The average Bonchev–Trinajstić information content (AvgIpc) is 2.17. The van der Waals surface area contributed by atoms with Crippen molar-refractivity contribution in [3.63, 3.8) is 0 Å². The number of methoxy groups -OCH3 is 1. The average molecular weight is 200 g/mol. The van der Waals surface area contributed by atoms with E-state index in [1.54, 1.807) is 6.07 Å². The number of H-pyrrole nitrogens is 1. The van der Waals surface area contributed by atoms with Crippen LogP contribution in [0.25, 0.3) is 0 Å². The number of pyridine rings is 1. The van der Waals surface area contributed by atoms with Crippen molar-refractivity contribution in [1.82, 2.24) is 4.98 Å². The van der Waals surface area contributed by atoms with Crippen LogP contribution in [0, 0.1) is 11.3 Å². The number of aromatic nitrogens is 1. The van der Waals surface area contributed by atoms with E-state index in [0.717, 1.165) is 13.3 Å². The summed E-state index contributed by atoms with van der Waals surface area (Å²) in [7, 11) is 1.09. The minimum atomic E-state index is -2.84. The van der Waals surface area contributed by atoms with E-state index in [9.17, 15) is 13.6 Å². The van der Waals surface area contributed by atoms with E-state index in [0.29, 0.717) is 0 Å².